The quantitative estimate of drug-likeness (QED) is 0.427. The molecule has 184 valence electrons. The second kappa shape index (κ2) is 11.2. The van der Waals surface area contributed by atoms with E-state index in [1.54, 1.807) is 25.7 Å². The number of nitrogens with zero attached hydrogens (tertiary/aromatic N) is 2. The Bertz CT molecular complexity index is 1060. The zero-order valence-electron chi connectivity index (χ0n) is 19.8. The van der Waals surface area contributed by atoms with Gasteiger partial charge in [0.25, 0.3) is 0 Å². The smallest absolute Gasteiger partial charge is 0.249 e. The minimum atomic E-state index is -1.18. The molecule has 3 rings (SSSR count). The number of aromatic nitrogens is 1. The van der Waals surface area contributed by atoms with Crippen molar-refractivity contribution < 1.29 is 19.5 Å². The van der Waals surface area contributed by atoms with Gasteiger partial charge >= 0.3 is 0 Å². The van der Waals surface area contributed by atoms with Crippen LogP contribution in [0, 0.1) is 5.92 Å². The van der Waals surface area contributed by atoms with Crippen LogP contribution in [0.4, 0.5) is 0 Å². The molecule has 1 saturated heterocycles. The SMILES string of the molecule is CC(C)[C@H](O)C(=O)N[C@@H](C)C(=O)N1CCN[C@H](C(=O)N[C@H](C)c2ccc3ccc(Br)cc3n2)C1. The molecule has 0 spiro atoms. The molecule has 4 N–H and O–H groups in total. The molecular weight excluding hydrogens is 502 g/mol. The number of aliphatic hydroxyl groups excluding tert-OH is 1. The minimum absolute atomic E-state index is 0.183. The average molecular weight is 534 g/mol. The molecule has 1 aromatic heterocycles. The third kappa shape index (κ3) is 6.31. The number of fused-ring (bicyclic) bond motifs is 1. The van der Waals surface area contributed by atoms with Gasteiger partial charge in [-0.05, 0) is 38.0 Å². The second-order valence-corrected chi connectivity index (χ2v) is 9.93. The Balaban J connectivity index is 1.59. The molecule has 1 aliphatic rings. The van der Waals surface area contributed by atoms with E-state index in [0.29, 0.717) is 13.1 Å². The molecule has 9 nitrogen and oxygen atoms in total. The van der Waals surface area contributed by atoms with Crippen molar-refractivity contribution >= 4 is 44.6 Å². The van der Waals surface area contributed by atoms with Gasteiger partial charge in [-0.3, -0.25) is 19.4 Å². The summed E-state index contributed by atoms with van der Waals surface area (Å²) in [4.78, 5) is 44.1. The maximum atomic E-state index is 12.9. The van der Waals surface area contributed by atoms with Crippen molar-refractivity contribution in [2.24, 2.45) is 5.92 Å². The van der Waals surface area contributed by atoms with Gasteiger partial charge in [-0.2, -0.15) is 0 Å². The lowest BCUT2D eigenvalue weighted by Crippen LogP contribution is -2.61. The average Bonchev–Trinajstić information content (AvgIpc) is 2.82. The molecule has 0 unspecified atom stereocenters. The van der Waals surface area contributed by atoms with Crippen LogP contribution < -0.4 is 16.0 Å². The Labute approximate surface area is 207 Å². The normalized spacial score (nSPS) is 18.9. The van der Waals surface area contributed by atoms with Gasteiger partial charge in [0.15, 0.2) is 0 Å². The van der Waals surface area contributed by atoms with E-state index in [1.807, 2.05) is 37.3 Å². The van der Waals surface area contributed by atoms with E-state index in [0.717, 1.165) is 21.1 Å². The highest BCUT2D eigenvalue weighted by Crippen LogP contribution is 2.21. The molecule has 0 aliphatic carbocycles. The standard InChI is InChI=1S/C24H32BrN5O4/c1-13(2)21(31)23(33)28-15(4)24(34)30-10-9-26-20(12-30)22(32)27-14(3)18-8-6-16-5-7-17(25)11-19(16)29-18/h5-8,11,13-15,20-21,26,31H,9-10,12H2,1-4H3,(H,27,32)(H,28,33)/t14-,15+,20+,21+/m1/s1. The van der Waals surface area contributed by atoms with E-state index in [-0.39, 0.29) is 30.3 Å². The number of hydrogen-bond acceptors (Lipinski definition) is 6. The first kappa shape index (κ1) is 26.1. The number of amides is 3. The van der Waals surface area contributed by atoms with Crippen molar-refractivity contribution in [3.63, 3.8) is 0 Å². The van der Waals surface area contributed by atoms with Crippen molar-refractivity contribution in [2.75, 3.05) is 19.6 Å². The predicted molar refractivity (Wildman–Crippen MR) is 133 cm³/mol. The van der Waals surface area contributed by atoms with E-state index < -0.39 is 24.1 Å². The molecule has 0 bridgehead atoms. The van der Waals surface area contributed by atoms with Crippen molar-refractivity contribution in [3.05, 3.63) is 40.5 Å². The van der Waals surface area contributed by atoms with Gasteiger partial charge in [-0.15, -0.1) is 0 Å². The summed E-state index contributed by atoms with van der Waals surface area (Å²) in [6.45, 7) is 7.96. The lowest BCUT2D eigenvalue weighted by molar-refractivity contribution is -0.141. The van der Waals surface area contributed by atoms with Crippen LogP contribution >= 0.6 is 15.9 Å². The Morgan fingerprint density at radius 1 is 1.15 bits per heavy atom. The summed E-state index contributed by atoms with van der Waals surface area (Å²) < 4.78 is 0.932. The highest BCUT2D eigenvalue weighted by Gasteiger charge is 2.32. The maximum Gasteiger partial charge on any atom is 0.249 e. The fourth-order valence-corrected chi connectivity index (χ4v) is 4.15. The molecule has 1 fully saturated rings. The number of benzene rings is 1. The molecule has 1 aromatic carbocycles. The Hall–Kier alpha value is -2.56. The maximum absolute atomic E-state index is 12.9. The largest absolute Gasteiger partial charge is 0.383 e. The van der Waals surface area contributed by atoms with Gasteiger partial charge in [-0.1, -0.05) is 41.9 Å². The van der Waals surface area contributed by atoms with Crippen LogP contribution in [0.1, 0.15) is 39.4 Å². The van der Waals surface area contributed by atoms with Gasteiger partial charge in [-0.25, -0.2) is 0 Å². The van der Waals surface area contributed by atoms with E-state index in [2.05, 4.69) is 36.9 Å². The van der Waals surface area contributed by atoms with Crippen LogP contribution in [0.3, 0.4) is 0 Å². The van der Waals surface area contributed by atoms with Crippen molar-refractivity contribution in [1.29, 1.82) is 0 Å². The zero-order chi connectivity index (χ0) is 25.0. The van der Waals surface area contributed by atoms with Gasteiger partial charge in [0.05, 0.1) is 17.3 Å². The molecule has 3 amide bonds. The van der Waals surface area contributed by atoms with E-state index in [1.165, 1.54) is 0 Å². The molecule has 4 atom stereocenters. The molecule has 0 radical (unpaired) electrons. The molecule has 34 heavy (non-hydrogen) atoms. The summed E-state index contributed by atoms with van der Waals surface area (Å²) in [5.74, 6) is -1.36. The number of aliphatic hydroxyl groups is 1. The van der Waals surface area contributed by atoms with Crippen molar-refractivity contribution in [2.45, 2.75) is 51.9 Å². The monoisotopic (exact) mass is 533 g/mol. The van der Waals surface area contributed by atoms with Crippen molar-refractivity contribution in [1.82, 2.24) is 25.8 Å². The number of pyridine rings is 1. The number of carbonyl (C=O) groups excluding carboxylic acids is 3. The Morgan fingerprint density at radius 2 is 1.85 bits per heavy atom. The first-order valence-electron chi connectivity index (χ1n) is 11.4. The summed E-state index contributed by atoms with van der Waals surface area (Å²) in [5, 5.41) is 19.6. The van der Waals surface area contributed by atoms with Gasteiger partial charge in [0, 0.05) is 29.5 Å². The molecule has 0 saturated carbocycles. The van der Waals surface area contributed by atoms with E-state index in [4.69, 9.17) is 0 Å². The number of halogens is 1. The Kier molecular flexibility index (Phi) is 8.62. The van der Waals surface area contributed by atoms with Crippen LogP contribution in [0.5, 0.6) is 0 Å². The van der Waals surface area contributed by atoms with Gasteiger partial charge in [0.2, 0.25) is 17.7 Å². The minimum Gasteiger partial charge on any atom is -0.383 e. The van der Waals surface area contributed by atoms with Crippen LogP contribution in [-0.4, -0.2) is 70.5 Å². The van der Waals surface area contributed by atoms with E-state index in [9.17, 15) is 19.5 Å². The number of carbonyl (C=O) groups is 3. The van der Waals surface area contributed by atoms with Crippen molar-refractivity contribution in [3.8, 4) is 0 Å². The lowest BCUT2D eigenvalue weighted by atomic mass is 10.1. The number of piperazine rings is 1. The predicted octanol–water partition coefficient (Wildman–Crippen LogP) is 1.50. The summed E-state index contributed by atoms with van der Waals surface area (Å²) in [5.41, 5.74) is 1.57. The third-order valence-electron chi connectivity index (χ3n) is 5.91. The number of nitrogens with one attached hydrogen (secondary N) is 3. The fourth-order valence-electron chi connectivity index (χ4n) is 3.80. The highest BCUT2D eigenvalue weighted by molar-refractivity contribution is 9.10. The summed E-state index contributed by atoms with van der Waals surface area (Å²) in [7, 11) is 0. The molecule has 2 heterocycles. The highest BCUT2D eigenvalue weighted by atomic mass is 79.9. The first-order valence-corrected chi connectivity index (χ1v) is 12.2. The molecule has 2 aromatic rings. The zero-order valence-corrected chi connectivity index (χ0v) is 21.4. The van der Waals surface area contributed by atoms with Crippen LogP contribution in [0.15, 0.2) is 34.8 Å². The lowest BCUT2D eigenvalue weighted by Gasteiger charge is -2.35. The molecular formula is C24H32BrN5O4. The fraction of sp³-hybridized carbons (Fsp3) is 0.500. The van der Waals surface area contributed by atoms with Crippen LogP contribution in [0.25, 0.3) is 10.9 Å². The first-order chi connectivity index (χ1) is 16.1. The summed E-state index contributed by atoms with van der Waals surface area (Å²) >= 11 is 3.45. The molecule has 10 heteroatoms. The molecule has 1 aliphatic heterocycles. The van der Waals surface area contributed by atoms with Gasteiger partial charge in [0.1, 0.15) is 18.2 Å². The Morgan fingerprint density at radius 3 is 2.56 bits per heavy atom. The van der Waals surface area contributed by atoms with Gasteiger partial charge < -0.3 is 26.0 Å². The second-order valence-electron chi connectivity index (χ2n) is 9.01. The summed E-state index contributed by atoms with van der Waals surface area (Å²) in [6.07, 6.45) is -1.18. The van der Waals surface area contributed by atoms with Crippen LogP contribution in [-0.2, 0) is 14.4 Å². The number of hydrogen-bond donors (Lipinski definition) is 4. The van der Waals surface area contributed by atoms with E-state index >= 15 is 0 Å². The van der Waals surface area contributed by atoms with Crippen LogP contribution in [0.2, 0.25) is 0 Å². The topological polar surface area (TPSA) is 124 Å². The summed E-state index contributed by atoms with van der Waals surface area (Å²) in [6, 6.07) is 8.01. The number of rotatable bonds is 7. The third-order valence-corrected chi connectivity index (χ3v) is 6.40.